The van der Waals surface area contributed by atoms with E-state index in [1.165, 1.54) is 29.5 Å². The molecule has 1 fully saturated rings. The summed E-state index contributed by atoms with van der Waals surface area (Å²) in [6, 6.07) is 11.0. The van der Waals surface area contributed by atoms with Gasteiger partial charge < -0.3 is 9.32 Å². The van der Waals surface area contributed by atoms with Crippen molar-refractivity contribution in [3.05, 3.63) is 76.5 Å². The lowest BCUT2D eigenvalue weighted by Gasteiger charge is -2.34. The number of halogens is 2. The van der Waals surface area contributed by atoms with Crippen LogP contribution < -0.4 is 0 Å². The first-order valence-corrected chi connectivity index (χ1v) is 11.3. The van der Waals surface area contributed by atoms with Crippen molar-refractivity contribution in [3.63, 3.8) is 0 Å². The first-order valence-electron chi connectivity index (χ1n) is 10.4. The number of hydrogen-bond donors (Lipinski definition) is 0. The van der Waals surface area contributed by atoms with E-state index in [1.807, 2.05) is 5.38 Å². The van der Waals surface area contributed by atoms with E-state index in [0.717, 1.165) is 16.3 Å². The molecule has 32 heavy (non-hydrogen) atoms. The predicted octanol–water partition coefficient (Wildman–Crippen LogP) is 5.10. The maximum absolute atomic E-state index is 14.0. The Morgan fingerprint density at radius 3 is 2.56 bits per heavy atom. The van der Waals surface area contributed by atoms with Crippen molar-refractivity contribution in [2.75, 3.05) is 26.2 Å². The highest BCUT2D eigenvalue weighted by molar-refractivity contribution is 7.13. The molecule has 0 radical (unpaired) electrons. The fourth-order valence-electron chi connectivity index (χ4n) is 4.00. The molecule has 2 aromatic carbocycles. The number of rotatable bonds is 4. The van der Waals surface area contributed by atoms with E-state index in [0.29, 0.717) is 43.7 Å². The molecule has 4 aromatic rings. The maximum atomic E-state index is 14.0. The van der Waals surface area contributed by atoms with E-state index in [4.69, 9.17) is 4.42 Å². The number of furan rings is 1. The lowest BCUT2D eigenvalue weighted by molar-refractivity contribution is 0.0597. The molecule has 5 rings (SSSR count). The molecule has 5 nitrogen and oxygen atoms in total. The molecule has 0 N–H and O–H groups in total. The van der Waals surface area contributed by atoms with Crippen molar-refractivity contribution in [2.24, 2.45) is 0 Å². The summed E-state index contributed by atoms with van der Waals surface area (Å²) in [6.07, 6.45) is 0. The lowest BCUT2D eigenvalue weighted by Crippen LogP contribution is -2.48. The average Bonchev–Trinajstić information content (AvgIpc) is 3.40. The highest BCUT2D eigenvalue weighted by atomic mass is 32.1. The molecule has 3 heterocycles. The summed E-state index contributed by atoms with van der Waals surface area (Å²) in [5.41, 5.74) is 2.66. The fraction of sp³-hybridized carbons (Fsp3) is 0.250. The normalized spacial score (nSPS) is 14.9. The van der Waals surface area contributed by atoms with E-state index in [1.54, 1.807) is 36.1 Å². The standard InChI is InChI=1S/C24H21F2N3O2S/c1-15-19-3-2-4-20(26)22(19)31-21(15)24(30)29-11-9-28(10-12-29)13-18-14-32-23(27-18)16-5-7-17(25)8-6-16/h2-8,14H,9-13H2,1H3. The van der Waals surface area contributed by atoms with Crippen LogP contribution in [0.3, 0.4) is 0 Å². The van der Waals surface area contributed by atoms with Gasteiger partial charge in [0.2, 0.25) is 0 Å². The van der Waals surface area contributed by atoms with Crippen LogP contribution in [0.15, 0.2) is 52.3 Å². The van der Waals surface area contributed by atoms with E-state index in [9.17, 15) is 13.6 Å². The molecule has 1 aliphatic heterocycles. The van der Waals surface area contributed by atoms with Crippen LogP contribution in [0.2, 0.25) is 0 Å². The SMILES string of the molecule is Cc1c(C(=O)N2CCN(Cc3csc(-c4ccc(F)cc4)n3)CC2)oc2c(F)cccc12. The largest absolute Gasteiger partial charge is 0.448 e. The second kappa shape index (κ2) is 8.44. The van der Waals surface area contributed by atoms with Crippen LogP contribution in [0.5, 0.6) is 0 Å². The molecule has 0 bridgehead atoms. The van der Waals surface area contributed by atoms with Gasteiger partial charge in [-0.05, 0) is 37.3 Å². The molecule has 2 aromatic heterocycles. The Morgan fingerprint density at radius 2 is 1.84 bits per heavy atom. The number of nitrogens with zero attached hydrogens (tertiary/aromatic N) is 3. The van der Waals surface area contributed by atoms with Crippen LogP contribution >= 0.6 is 11.3 Å². The minimum Gasteiger partial charge on any atom is -0.448 e. The minimum atomic E-state index is -0.460. The van der Waals surface area contributed by atoms with Crippen LogP contribution in [0.4, 0.5) is 8.78 Å². The van der Waals surface area contributed by atoms with Gasteiger partial charge in [0.1, 0.15) is 10.8 Å². The Balaban J connectivity index is 1.22. The Hall–Kier alpha value is -3.10. The van der Waals surface area contributed by atoms with Gasteiger partial charge in [0, 0.05) is 54.6 Å². The number of benzene rings is 2. The van der Waals surface area contributed by atoms with Crippen LogP contribution in [0, 0.1) is 18.6 Å². The molecule has 8 heteroatoms. The number of hydrogen-bond acceptors (Lipinski definition) is 5. The average molecular weight is 454 g/mol. The second-order valence-corrected chi connectivity index (χ2v) is 8.75. The first kappa shape index (κ1) is 20.8. The number of thiazole rings is 1. The molecule has 0 aliphatic carbocycles. The lowest BCUT2D eigenvalue weighted by atomic mass is 10.1. The monoisotopic (exact) mass is 453 g/mol. The number of aryl methyl sites for hydroxylation is 1. The van der Waals surface area contributed by atoms with Crippen molar-refractivity contribution >= 4 is 28.2 Å². The van der Waals surface area contributed by atoms with Gasteiger partial charge in [-0.3, -0.25) is 9.69 Å². The molecule has 0 unspecified atom stereocenters. The Bertz CT molecular complexity index is 1270. The third-order valence-electron chi connectivity index (χ3n) is 5.80. The Kier molecular flexibility index (Phi) is 5.48. The van der Waals surface area contributed by atoms with Gasteiger partial charge in [-0.2, -0.15) is 0 Å². The molecule has 1 aliphatic rings. The van der Waals surface area contributed by atoms with Crippen LogP contribution in [0.1, 0.15) is 21.8 Å². The van der Waals surface area contributed by atoms with Crippen molar-refractivity contribution in [2.45, 2.75) is 13.5 Å². The molecule has 0 spiro atoms. The van der Waals surface area contributed by atoms with Gasteiger partial charge in [0.15, 0.2) is 17.2 Å². The molecule has 1 amide bonds. The maximum Gasteiger partial charge on any atom is 0.289 e. The molecular weight excluding hydrogens is 432 g/mol. The van der Waals surface area contributed by atoms with Crippen molar-refractivity contribution in [1.82, 2.24) is 14.8 Å². The van der Waals surface area contributed by atoms with E-state index in [2.05, 4.69) is 9.88 Å². The summed E-state index contributed by atoms with van der Waals surface area (Å²) in [7, 11) is 0. The third-order valence-corrected chi connectivity index (χ3v) is 6.74. The van der Waals surface area contributed by atoms with Crippen LogP contribution in [-0.4, -0.2) is 46.9 Å². The topological polar surface area (TPSA) is 49.6 Å². The highest BCUT2D eigenvalue weighted by Gasteiger charge is 2.27. The summed E-state index contributed by atoms with van der Waals surface area (Å²) in [5, 5.41) is 3.51. The molecular formula is C24H21F2N3O2S. The van der Waals surface area contributed by atoms with Gasteiger partial charge in [0.25, 0.3) is 5.91 Å². The minimum absolute atomic E-state index is 0.132. The zero-order chi connectivity index (χ0) is 22.2. The number of carbonyl (C=O) groups is 1. The number of fused-ring (bicyclic) bond motifs is 1. The van der Waals surface area contributed by atoms with Crippen molar-refractivity contribution < 1.29 is 18.0 Å². The van der Waals surface area contributed by atoms with Crippen LogP contribution in [0.25, 0.3) is 21.5 Å². The van der Waals surface area contributed by atoms with Crippen molar-refractivity contribution in [3.8, 4) is 10.6 Å². The number of para-hydroxylation sites is 1. The van der Waals surface area contributed by atoms with Gasteiger partial charge in [0.05, 0.1) is 5.69 Å². The van der Waals surface area contributed by atoms with E-state index in [-0.39, 0.29) is 23.1 Å². The molecule has 0 atom stereocenters. The second-order valence-electron chi connectivity index (χ2n) is 7.89. The summed E-state index contributed by atoms with van der Waals surface area (Å²) >= 11 is 1.54. The zero-order valence-corrected chi connectivity index (χ0v) is 18.3. The highest BCUT2D eigenvalue weighted by Crippen LogP contribution is 2.29. The predicted molar refractivity (Wildman–Crippen MR) is 120 cm³/mol. The Labute approximate surface area is 187 Å². The summed E-state index contributed by atoms with van der Waals surface area (Å²) in [4.78, 5) is 21.7. The summed E-state index contributed by atoms with van der Waals surface area (Å²) in [6.45, 7) is 5.02. The van der Waals surface area contributed by atoms with Gasteiger partial charge >= 0.3 is 0 Å². The third kappa shape index (κ3) is 3.91. The van der Waals surface area contributed by atoms with E-state index >= 15 is 0 Å². The first-order chi connectivity index (χ1) is 15.5. The molecule has 0 saturated carbocycles. The summed E-state index contributed by atoms with van der Waals surface area (Å²) in [5.74, 6) is -0.717. The molecule has 164 valence electrons. The summed E-state index contributed by atoms with van der Waals surface area (Å²) < 4.78 is 32.8. The zero-order valence-electron chi connectivity index (χ0n) is 17.5. The number of aromatic nitrogens is 1. The number of piperazine rings is 1. The number of amides is 1. The van der Waals surface area contributed by atoms with Crippen molar-refractivity contribution in [1.29, 1.82) is 0 Å². The van der Waals surface area contributed by atoms with Gasteiger partial charge in [-0.25, -0.2) is 13.8 Å². The van der Waals surface area contributed by atoms with Crippen LogP contribution in [-0.2, 0) is 6.54 Å². The smallest absolute Gasteiger partial charge is 0.289 e. The molecule has 1 saturated heterocycles. The van der Waals surface area contributed by atoms with Gasteiger partial charge in [-0.1, -0.05) is 12.1 Å². The van der Waals surface area contributed by atoms with E-state index < -0.39 is 5.82 Å². The Morgan fingerprint density at radius 1 is 1.09 bits per heavy atom. The fourth-order valence-corrected chi connectivity index (χ4v) is 4.82. The quantitative estimate of drug-likeness (QED) is 0.431. The van der Waals surface area contributed by atoms with Gasteiger partial charge in [-0.15, -0.1) is 11.3 Å². The number of carbonyl (C=O) groups excluding carboxylic acids is 1.